The van der Waals surface area contributed by atoms with E-state index in [2.05, 4.69) is 4.90 Å². The van der Waals surface area contributed by atoms with Gasteiger partial charge in [-0.25, -0.2) is 8.42 Å². The van der Waals surface area contributed by atoms with Gasteiger partial charge in [0.05, 0.1) is 29.2 Å². The third kappa shape index (κ3) is 2.63. The molecular weight excluding hydrogens is 302 g/mol. The van der Waals surface area contributed by atoms with Crippen molar-refractivity contribution in [2.24, 2.45) is 0 Å². The van der Waals surface area contributed by atoms with Crippen molar-refractivity contribution in [2.75, 3.05) is 33.3 Å². The topological polar surface area (TPSA) is 73.6 Å². The monoisotopic (exact) mass is 321 g/mol. The quantitative estimate of drug-likeness (QED) is 0.800. The number of benzene rings is 1. The van der Waals surface area contributed by atoms with E-state index in [1.54, 1.807) is 12.1 Å². The van der Waals surface area contributed by atoms with Gasteiger partial charge in [0.25, 0.3) is 0 Å². The summed E-state index contributed by atoms with van der Waals surface area (Å²) in [6, 6.07) is 8.15. The van der Waals surface area contributed by atoms with E-state index in [0.29, 0.717) is 19.7 Å². The van der Waals surface area contributed by atoms with Crippen LogP contribution in [0, 0.1) is 11.3 Å². The van der Waals surface area contributed by atoms with Crippen molar-refractivity contribution in [3.8, 4) is 6.07 Å². The molecule has 0 spiro atoms. The number of morpholine rings is 1. The minimum atomic E-state index is -3.69. The molecule has 7 heteroatoms. The number of fused-ring (bicyclic) bond motifs is 1. The van der Waals surface area contributed by atoms with Gasteiger partial charge in [-0.2, -0.15) is 9.57 Å². The van der Waals surface area contributed by atoms with Gasteiger partial charge in [0, 0.05) is 19.6 Å². The van der Waals surface area contributed by atoms with Crippen LogP contribution in [0.15, 0.2) is 29.2 Å². The van der Waals surface area contributed by atoms with Crippen LogP contribution >= 0.6 is 0 Å². The zero-order valence-corrected chi connectivity index (χ0v) is 13.3. The molecule has 0 amide bonds. The fraction of sp³-hybridized carbons (Fsp3) is 0.533. The zero-order valence-electron chi connectivity index (χ0n) is 12.5. The molecule has 0 N–H and O–H groups in total. The molecule has 2 heterocycles. The summed E-state index contributed by atoms with van der Waals surface area (Å²) >= 11 is 0. The van der Waals surface area contributed by atoms with Crippen LogP contribution in [0.4, 0.5) is 0 Å². The van der Waals surface area contributed by atoms with Crippen LogP contribution in [-0.2, 0) is 14.8 Å². The summed E-state index contributed by atoms with van der Waals surface area (Å²) in [4.78, 5) is 2.21. The van der Waals surface area contributed by atoms with Crippen LogP contribution in [0.25, 0.3) is 0 Å². The van der Waals surface area contributed by atoms with Gasteiger partial charge < -0.3 is 9.64 Å². The number of ether oxygens (including phenoxy) is 1. The number of rotatable bonds is 2. The van der Waals surface area contributed by atoms with Gasteiger partial charge in [0.15, 0.2) is 0 Å². The fourth-order valence-corrected chi connectivity index (χ4v) is 4.98. The lowest BCUT2D eigenvalue weighted by molar-refractivity contribution is -0.0719. The van der Waals surface area contributed by atoms with Crippen molar-refractivity contribution in [1.29, 1.82) is 5.26 Å². The first-order valence-electron chi connectivity index (χ1n) is 7.35. The number of piperidine rings is 1. The molecule has 6 nitrogen and oxygen atoms in total. The van der Waals surface area contributed by atoms with E-state index in [0.717, 1.165) is 13.0 Å². The van der Waals surface area contributed by atoms with Crippen LogP contribution < -0.4 is 0 Å². The summed E-state index contributed by atoms with van der Waals surface area (Å²) in [5, 5.41) is 9.19. The highest BCUT2D eigenvalue weighted by Gasteiger charge is 2.42. The number of hydrogen-bond donors (Lipinski definition) is 0. The summed E-state index contributed by atoms with van der Waals surface area (Å²) in [5.41, 5.74) is 0.190. The summed E-state index contributed by atoms with van der Waals surface area (Å²) in [5.74, 6) is 0. The lowest BCUT2D eigenvalue weighted by Crippen LogP contribution is -2.60. The molecule has 0 radical (unpaired) electrons. The number of sulfonamides is 1. The standard InChI is InChI=1S/C15H19N3O3S/c1-17-7-6-14-13(11-17)18(8-9-21-14)22(19,20)15-5-3-2-4-12(15)10-16/h2-5,13-14H,6-9,11H2,1H3/t13-,14-/m0/s1. The Morgan fingerprint density at radius 3 is 2.86 bits per heavy atom. The summed E-state index contributed by atoms with van der Waals surface area (Å²) < 4.78 is 33.3. The maximum absolute atomic E-state index is 13.0. The molecule has 0 aromatic heterocycles. The fourth-order valence-electron chi connectivity index (χ4n) is 3.21. The number of hydrogen-bond acceptors (Lipinski definition) is 5. The Hall–Kier alpha value is -1.46. The lowest BCUT2D eigenvalue weighted by atomic mass is 10.0. The van der Waals surface area contributed by atoms with Gasteiger partial charge in [-0.15, -0.1) is 0 Å². The predicted octanol–water partition coefficient (Wildman–Crippen LogP) is 0.652. The highest BCUT2D eigenvalue weighted by atomic mass is 32.2. The van der Waals surface area contributed by atoms with E-state index in [1.807, 2.05) is 13.1 Å². The maximum atomic E-state index is 13.0. The first-order chi connectivity index (χ1) is 10.5. The second-order valence-electron chi connectivity index (χ2n) is 5.75. The number of nitrogens with zero attached hydrogens (tertiary/aromatic N) is 3. The van der Waals surface area contributed by atoms with E-state index in [4.69, 9.17) is 4.74 Å². The summed E-state index contributed by atoms with van der Waals surface area (Å²) in [7, 11) is -1.71. The van der Waals surface area contributed by atoms with Crippen LogP contribution in [-0.4, -0.2) is 63.1 Å². The second kappa shape index (κ2) is 5.97. The van der Waals surface area contributed by atoms with Crippen LogP contribution in [0.2, 0.25) is 0 Å². The van der Waals surface area contributed by atoms with Crippen molar-refractivity contribution in [1.82, 2.24) is 9.21 Å². The molecule has 0 bridgehead atoms. The highest BCUT2D eigenvalue weighted by Crippen LogP contribution is 2.29. The van der Waals surface area contributed by atoms with Gasteiger partial charge in [0.1, 0.15) is 6.07 Å². The van der Waals surface area contributed by atoms with Crippen molar-refractivity contribution >= 4 is 10.0 Å². The molecule has 1 aromatic carbocycles. The normalized spacial score (nSPS) is 27.1. The Kier molecular flexibility index (Phi) is 4.19. The first kappa shape index (κ1) is 15.4. The average molecular weight is 321 g/mol. The van der Waals surface area contributed by atoms with E-state index in [-0.39, 0.29) is 22.6 Å². The Morgan fingerprint density at radius 2 is 2.09 bits per heavy atom. The van der Waals surface area contributed by atoms with Gasteiger partial charge in [-0.1, -0.05) is 12.1 Å². The van der Waals surface area contributed by atoms with Crippen LogP contribution in [0.5, 0.6) is 0 Å². The highest BCUT2D eigenvalue weighted by molar-refractivity contribution is 7.89. The van der Waals surface area contributed by atoms with Gasteiger partial charge in [-0.05, 0) is 25.6 Å². The third-order valence-corrected chi connectivity index (χ3v) is 6.31. The summed E-state index contributed by atoms with van der Waals surface area (Å²) in [6.45, 7) is 2.29. The van der Waals surface area contributed by atoms with Crippen molar-refractivity contribution in [2.45, 2.75) is 23.5 Å². The van der Waals surface area contributed by atoms with Crippen LogP contribution in [0.3, 0.4) is 0 Å². The molecule has 0 unspecified atom stereocenters. The first-order valence-corrected chi connectivity index (χ1v) is 8.79. The number of nitriles is 1. The van der Waals surface area contributed by atoms with Gasteiger partial charge in [-0.3, -0.25) is 0 Å². The molecule has 2 saturated heterocycles. The smallest absolute Gasteiger partial charge is 0.244 e. The molecule has 0 saturated carbocycles. The SMILES string of the molecule is CN1CC[C@@H]2OCCN(S(=O)(=O)c3ccccc3C#N)[C@H]2C1. The largest absolute Gasteiger partial charge is 0.375 e. The Morgan fingerprint density at radius 1 is 1.32 bits per heavy atom. The second-order valence-corrected chi connectivity index (χ2v) is 7.61. The molecule has 0 aliphatic carbocycles. The molecule has 2 atom stereocenters. The van der Waals surface area contributed by atoms with Gasteiger partial charge >= 0.3 is 0 Å². The van der Waals surface area contributed by atoms with Gasteiger partial charge in [0.2, 0.25) is 10.0 Å². The predicted molar refractivity (Wildman–Crippen MR) is 80.7 cm³/mol. The summed E-state index contributed by atoms with van der Waals surface area (Å²) in [6.07, 6.45) is 0.765. The molecule has 3 rings (SSSR count). The molecule has 118 valence electrons. The number of likely N-dealkylation sites (N-methyl/N-ethyl adjacent to an activating group) is 1. The number of likely N-dealkylation sites (tertiary alicyclic amines) is 1. The Balaban J connectivity index is 1.99. The average Bonchev–Trinajstić information content (AvgIpc) is 2.54. The minimum absolute atomic E-state index is 0.0611. The Labute approximate surface area is 130 Å². The van der Waals surface area contributed by atoms with Crippen molar-refractivity contribution in [3.05, 3.63) is 29.8 Å². The molecule has 2 aliphatic heterocycles. The maximum Gasteiger partial charge on any atom is 0.244 e. The molecule has 2 fully saturated rings. The third-order valence-electron chi connectivity index (χ3n) is 4.33. The molecule has 1 aromatic rings. The zero-order chi connectivity index (χ0) is 15.7. The molecule has 2 aliphatic rings. The lowest BCUT2D eigenvalue weighted by Gasteiger charge is -2.45. The Bertz CT molecular complexity index is 698. The van der Waals surface area contributed by atoms with E-state index < -0.39 is 10.0 Å². The van der Waals surface area contributed by atoms with Crippen molar-refractivity contribution in [3.63, 3.8) is 0 Å². The van der Waals surface area contributed by atoms with Crippen molar-refractivity contribution < 1.29 is 13.2 Å². The van der Waals surface area contributed by atoms with E-state index in [9.17, 15) is 13.7 Å². The minimum Gasteiger partial charge on any atom is -0.375 e. The van der Waals surface area contributed by atoms with Crippen LogP contribution in [0.1, 0.15) is 12.0 Å². The molecular formula is C15H19N3O3S. The van der Waals surface area contributed by atoms with E-state index in [1.165, 1.54) is 16.4 Å². The van der Waals surface area contributed by atoms with E-state index >= 15 is 0 Å². The molecule has 22 heavy (non-hydrogen) atoms.